The van der Waals surface area contributed by atoms with E-state index in [1.807, 2.05) is 4.90 Å². The molecule has 3 aromatic rings. The van der Waals surface area contributed by atoms with Crippen molar-refractivity contribution >= 4 is 22.4 Å². The minimum atomic E-state index is -4.80. The van der Waals surface area contributed by atoms with E-state index in [1.54, 1.807) is 13.0 Å². The van der Waals surface area contributed by atoms with Crippen LogP contribution in [0, 0.1) is 12.7 Å². The number of hydrogen-bond donors (Lipinski definition) is 2. The molecule has 0 spiro atoms. The van der Waals surface area contributed by atoms with Gasteiger partial charge < -0.3 is 20.1 Å². The van der Waals surface area contributed by atoms with Crippen LogP contribution in [0.1, 0.15) is 29.8 Å². The fourth-order valence-corrected chi connectivity index (χ4v) is 3.69. The Hall–Kier alpha value is -3.21. The van der Waals surface area contributed by atoms with Gasteiger partial charge in [0.15, 0.2) is 5.82 Å². The molecule has 0 amide bonds. The lowest BCUT2D eigenvalue weighted by Gasteiger charge is -2.38. The Morgan fingerprint density at radius 1 is 1.25 bits per heavy atom. The number of rotatable bonds is 5. The summed E-state index contributed by atoms with van der Waals surface area (Å²) in [6, 6.07) is 4.09. The Morgan fingerprint density at radius 2 is 1.97 bits per heavy atom. The van der Waals surface area contributed by atoms with Crippen LogP contribution in [-0.2, 0) is 6.18 Å². The molecular formula is C21H21F4N5O2. The number of aromatic nitrogens is 3. The topological polar surface area (TPSA) is 83.4 Å². The van der Waals surface area contributed by atoms with Crippen molar-refractivity contribution < 1.29 is 27.4 Å². The van der Waals surface area contributed by atoms with Crippen LogP contribution in [0.15, 0.2) is 24.3 Å². The van der Waals surface area contributed by atoms with Crippen LogP contribution in [0.5, 0.6) is 5.88 Å². The van der Waals surface area contributed by atoms with E-state index >= 15 is 0 Å². The molecule has 170 valence electrons. The first kappa shape index (κ1) is 22.0. The normalized spacial score (nSPS) is 15.6. The van der Waals surface area contributed by atoms with Crippen molar-refractivity contribution in [1.29, 1.82) is 0 Å². The Labute approximate surface area is 181 Å². The third-order valence-corrected chi connectivity index (χ3v) is 5.42. The van der Waals surface area contributed by atoms with Crippen molar-refractivity contribution in [2.24, 2.45) is 0 Å². The van der Waals surface area contributed by atoms with E-state index < -0.39 is 29.7 Å². The Bertz CT molecular complexity index is 1170. The summed E-state index contributed by atoms with van der Waals surface area (Å²) in [7, 11) is 1.48. The molecule has 1 aromatic carbocycles. The molecule has 0 radical (unpaired) electrons. The predicted octanol–water partition coefficient (Wildman–Crippen LogP) is 3.85. The van der Waals surface area contributed by atoms with Gasteiger partial charge in [-0.2, -0.15) is 18.3 Å². The quantitative estimate of drug-likeness (QED) is 0.570. The number of fused-ring (bicyclic) bond motifs is 1. The molecule has 1 aliphatic rings. The second kappa shape index (κ2) is 8.05. The highest BCUT2D eigenvalue weighted by Gasteiger charge is 2.35. The molecule has 1 saturated heterocycles. The summed E-state index contributed by atoms with van der Waals surface area (Å²) >= 11 is 0. The molecule has 1 fully saturated rings. The predicted molar refractivity (Wildman–Crippen MR) is 110 cm³/mol. The number of methoxy groups -OCH3 is 1. The lowest BCUT2D eigenvalue weighted by molar-refractivity contribution is -0.140. The van der Waals surface area contributed by atoms with Crippen LogP contribution in [0.25, 0.3) is 10.9 Å². The van der Waals surface area contributed by atoms with Gasteiger partial charge in [-0.3, -0.25) is 0 Å². The van der Waals surface area contributed by atoms with Crippen LogP contribution in [0.3, 0.4) is 0 Å². The zero-order valence-corrected chi connectivity index (χ0v) is 17.5. The molecule has 2 N–H and O–H groups in total. The molecule has 0 unspecified atom stereocenters. The molecule has 0 aliphatic carbocycles. The number of halogens is 4. The summed E-state index contributed by atoms with van der Waals surface area (Å²) < 4.78 is 59.3. The van der Waals surface area contributed by atoms with Crippen LogP contribution in [0.2, 0.25) is 0 Å². The van der Waals surface area contributed by atoms with Crippen molar-refractivity contribution in [2.45, 2.75) is 32.2 Å². The summed E-state index contributed by atoms with van der Waals surface area (Å²) in [6.07, 6.45) is -5.25. The molecular weight excluding hydrogens is 430 g/mol. The molecule has 0 bridgehead atoms. The van der Waals surface area contributed by atoms with Crippen molar-refractivity contribution in [3.05, 3.63) is 46.9 Å². The minimum absolute atomic E-state index is 0.150. The van der Waals surface area contributed by atoms with E-state index in [-0.39, 0.29) is 11.4 Å². The average Bonchev–Trinajstić information content (AvgIpc) is 2.72. The molecule has 7 nitrogen and oxygen atoms in total. The smallest absolute Gasteiger partial charge is 0.419 e. The molecule has 3 heterocycles. The number of β-amino-alcohol motifs (C(OH)–C–C–N with tert-alkyl or cyclic N) is 1. The monoisotopic (exact) mass is 451 g/mol. The summed E-state index contributed by atoms with van der Waals surface area (Å²) in [6.45, 7) is 4.08. The second-order valence-corrected chi connectivity index (χ2v) is 7.68. The average molecular weight is 451 g/mol. The number of aliphatic hydroxyl groups excluding tert-OH is 1. The number of alkyl halides is 3. The molecule has 11 heteroatoms. The summed E-state index contributed by atoms with van der Waals surface area (Å²) in [4.78, 5) is 6.40. The number of nitrogens with zero attached hydrogens (tertiary/aromatic N) is 4. The van der Waals surface area contributed by atoms with Gasteiger partial charge in [0.2, 0.25) is 5.88 Å². The number of aliphatic hydroxyl groups is 1. The van der Waals surface area contributed by atoms with E-state index in [0.717, 1.165) is 6.07 Å². The first-order chi connectivity index (χ1) is 15.1. The highest BCUT2D eigenvalue weighted by molar-refractivity contribution is 5.94. The van der Waals surface area contributed by atoms with Gasteiger partial charge in [0.25, 0.3) is 0 Å². The number of aryl methyl sites for hydroxylation is 1. The molecule has 2 aromatic heterocycles. The third-order valence-electron chi connectivity index (χ3n) is 5.42. The first-order valence-electron chi connectivity index (χ1n) is 9.87. The number of anilines is 2. The molecule has 4 rings (SSSR count). The largest absolute Gasteiger partial charge is 0.480 e. The SMILES string of the molecule is COc1nc2c(C)nnc(N[C@H](C)c3cccc(C(F)(F)F)c3F)c2cc1N1CC(O)C1. The van der Waals surface area contributed by atoms with Crippen molar-refractivity contribution in [3.8, 4) is 5.88 Å². The van der Waals surface area contributed by atoms with Crippen LogP contribution < -0.4 is 15.0 Å². The number of hydrogen-bond acceptors (Lipinski definition) is 7. The molecule has 1 atom stereocenters. The maximum atomic E-state index is 14.6. The Balaban J connectivity index is 1.75. The van der Waals surface area contributed by atoms with Gasteiger partial charge in [0, 0.05) is 24.0 Å². The zero-order valence-electron chi connectivity index (χ0n) is 17.5. The van der Waals surface area contributed by atoms with Crippen molar-refractivity contribution in [2.75, 3.05) is 30.4 Å². The zero-order chi connectivity index (χ0) is 23.2. The molecule has 1 aliphatic heterocycles. The summed E-state index contributed by atoms with van der Waals surface area (Å²) in [5, 5.41) is 21.4. The standard InChI is InChI=1S/C21H21F4N5O2/c1-10(13-5-4-6-15(17(13)22)21(23,24)25)26-19-14-7-16(30-8-12(31)9-30)20(32-3)27-18(14)11(2)28-29-19/h4-7,10,12,31H,8-9H2,1-3H3,(H,26,29)/t10-/m1/s1. The van der Waals surface area contributed by atoms with Gasteiger partial charge in [0.05, 0.1) is 30.5 Å². The number of pyridine rings is 1. The number of ether oxygens (including phenoxy) is 1. The Kier molecular flexibility index (Phi) is 5.53. The lowest BCUT2D eigenvalue weighted by Crippen LogP contribution is -2.51. The van der Waals surface area contributed by atoms with Gasteiger partial charge in [0.1, 0.15) is 17.0 Å². The highest BCUT2D eigenvalue weighted by atomic mass is 19.4. The van der Waals surface area contributed by atoms with E-state index in [4.69, 9.17) is 4.74 Å². The number of benzene rings is 1. The second-order valence-electron chi connectivity index (χ2n) is 7.68. The van der Waals surface area contributed by atoms with Gasteiger partial charge >= 0.3 is 6.18 Å². The first-order valence-corrected chi connectivity index (χ1v) is 9.87. The van der Waals surface area contributed by atoms with Crippen LogP contribution in [0.4, 0.5) is 29.1 Å². The van der Waals surface area contributed by atoms with Gasteiger partial charge in [-0.05, 0) is 26.0 Å². The van der Waals surface area contributed by atoms with Gasteiger partial charge in [-0.15, -0.1) is 5.10 Å². The maximum absolute atomic E-state index is 14.6. The highest BCUT2D eigenvalue weighted by Crippen LogP contribution is 2.37. The van der Waals surface area contributed by atoms with E-state index in [9.17, 15) is 22.7 Å². The van der Waals surface area contributed by atoms with Crippen LogP contribution >= 0.6 is 0 Å². The van der Waals surface area contributed by atoms with Crippen molar-refractivity contribution in [3.63, 3.8) is 0 Å². The Morgan fingerprint density at radius 3 is 2.59 bits per heavy atom. The maximum Gasteiger partial charge on any atom is 0.419 e. The van der Waals surface area contributed by atoms with E-state index in [1.165, 1.54) is 20.1 Å². The van der Waals surface area contributed by atoms with Gasteiger partial charge in [-0.25, -0.2) is 9.37 Å². The fraction of sp³-hybridized carbons (Fsp3) is 0.381. The van der Waals surface area contributed by atoms with E-state index in [0.29, 0.717) is 47.3 Å². The summed E-state index contributed by atoms with van der Waals surface area (Å²) in [5.41, 5.74) is 0.174. The number of nitrogens with one attached hydrogen (secondary N) is 1. The molecule has 32 heavy (non-hydrogen) atoms. The minimum Gasteiger partial charge on any atom is -0.480 e. The van der Waals surface area contributed by atoms with E-state index in [2.05, 4.69) is 20.5 Å². The summed E-state index contributed by atoms with van der Waals surface area (Å²) in [5.74, 6) is -0.741. The fourth-order valence-electron chi connectivity index (χ4n) is 3.69. The lowest BCUT2D eigenvalue weighted by atomic mass is 10.0. The van der Waals surface area contributed by atoms with Crippen molar-refractivity contribution in [1.82, 2.24) is 15.2 Å². The van der Waals surface area contributed by atoms with Crippen LogP contribution in [-0.4, -0.2) is 46.6 Å². The third kappa shape index (κ3) is 3.88. The van der Waals surface area contributed by atoms with Gasteiger partial charge in [-0.1, -0.05) is 12.1 Å². The molecule has 0 saturated carbocycles.